The van der Waals surface area contributed by atoms with Crippen LogP contribution >= 0.6 is 0 Å². The van der Waals surface area contributed by atoms with Crippen LogP contribution in [0.5, 0.6) is 11.5 Å². The third-order valence-corrected chi connectivity index (χ3v) is 4.60. The van der Waals surface area contributed by atoms with E-state index in [2.05, 4.69) is 10.0 Å². The Bertz CT molecular complexity index is 539. The first-order valence-electron chi connectivity index (χ1n) is 6.02. The minimum absolute atomic E-state index is 0.0724. The van der Waals surface area contributed by atoms with Gasteiger partial charge in [-0.25, -0.2) is 13.1 Å². The molecule has 1 aromatic carbocycles. The lowest BCUT2D eigenvalue weighted by Crippen LogP contribution is -2.36. The Balaban J connectivity index is 2.28. The summed E-state index contributed by atoms with van der Waals surface area (Å²) in [4.78, 5) is 0.127. The summed E-state index contributed by atoms with van der Waals surface area (Å²) >= 11 is 0. The fourth-order valence-electron chi connectivity index (χ4n) is 2.04. The van der Waals surface area contributed by atoms with E-state index in [-0.39, 0.29) is 16.7 Å². The van der Waals surface area contributed by atoms with Gasteiger partial charge in [0.05, 0.1) is 14.2 Å². The molecular weight excluding hydrogens is 268 g/mol. The first kappa shape index (κ1) is 14.1. The highest BCUT2D eigenvalue weighted by Gasteiger charge is 2.25. The lowest BCUT2D eigenvalue weighted by atomic mass is 10.3. The lowest BCUT2D eigenvalue weighted by Gasteiger charge is -2.15. The van der Waals surface area contributed by atoms with Crippen LogP contribution in [0.3, 0.4) is 0 Å². The summed E-state index contributed by atoms with van der Waals surface area (Å²) in [5.41, 5.74) is 0. The van der Waals surface area contributed by atoms with Crippen LogP contribution in [-0.4, -0.2) is 41.8 Å². The molecule has 1 aromatic rings. The van der Waals surface area contributed by atoms with Crippen molar-refractivity contribution in [3.63, 3.8) is 0 Å². The third-order valence-electron chi connectivity index (χ3n) is 3.04. The molecule has 7 heteroatoms. The Labute approximate surface area is 113 Å². The SMILES string of the molecule is COc1ccc(S(=O)(=O)N[C@@H]2CCNC2)c(OC)c1. The van der Waals surface area contributed by atoms with Gasteiger partial charge in [0.2, 0.25) is 10.0 Å². The number of benzene rings is 1. The van der Waals surface area contributed by atoms with Crippen LogP contribution < -0.4 is 19.5 Å². The van der Waals surface area contributed by atoms with E-state index in [4.69, 9.17) is 9.47 Å². The number of sulfonamides is 1. The van der Waals surface area contributed by atoms with E-state index in [1.54, 1.807) is 12.1 Å². The third kappa shape index (κ3) is 3.17. The molecule has 0 spiro atoms. The number of nitrogens with one attached hydrogen (secondary N) is 2. The fraction of sp³-hybridized carbons (Fsp3) is 0.500. The van der Waals surface area contributed by atoms with Crippen molar-refractivity contribution < 1.29 is 17.9 Å². The van der Waals surface area contributed by atoms with E-state index in [1.807, 2.05) is 0 Å². The highest BCUT2D eigenvalue weighted by Crippen LogP contribution is 2.28. The summed E-state index contributed by atoms with van der Waals surface area (Å²) < 4.78 is 37.5. The maximum absolute atomic E-state index is 12.3. The predicted molar refractivity (Wildman–Crippen MR) is 71.1 cm³/mol. The zero-order valence-electron chi connectivity index (χ0n) is 11.0. The van der Waals surface area contributed by atoms with Crippen LogP contribution in [0.2, 0.25) is 0 Å². The average molecular weight is 286 g/mol. The molecule has 1 atom stereocenters. The Morgan fingerprint density at radius 1 is 1.32 bits per heavy atom. The van der Waals surface area contributed by atoms with Gasteiger partial charge in [-0.3, -0.25) is 0 Å². The van der Waals surface area contributed by atoms with E-state index in [9.17, 15) is 8.42 Å². The molecule has 1 aliphatic heterocycles. The monoisotopic (exact) mass is 286 g/mol. The van der Waals surface area contributed by atoms with Gasteiger partial charge >= 0.3 is 0 Å². The van der Waals surface area contributed by atoms with Crippen molar-refractivity contribution in [2.24, 2.45) is 0 Å². The second-order valence-electron chi connectivity index (χ2n) is 4.33. The summed E-state index contributed by atoms with van der Waals surface area (Å²) in [5.74, 6) is 0.830. The van der Waals surface area contributed by atoms with Crippen LogP contribution in [0.1, 0.15) is 6.42 Å². The van der Waals surface area contributed by atoms with Gasteiger partial charge in [-0.2, -0.15) is 0 Å². The fourth-order valence-corrected chi connectivity index (χ4v) is 3.46. The van der Waals surface area contributed by atoms with Crippen molar-refractivity contribution in [3.8, 4) is 11.5 Å². The number of ether oxygens (including phenoxy) is 2. The molecule has 2 rings (SSSR count). The Kier molecular flexibility index (Phi) is 4.28. The molecule has 0 bridgehead atoms. The van der Waals surface area contributed by atoms with Crippen molar-refractivity contribution >= 4 is 10.0 Å². The van der Waals surface area contributed by atoms with E-state index in [0.29, 0.717) is 12.3 Å². The minimum Gasteiger partial charge on any atom is -0.497 e. The normalized spacial score (nSPS) is 19.4. The molecular formula is C12H18N2O4S. The molecule has 0 unspecified atom stereocenters. The van der Waals surface area contributed by atoms with Crippen molar-refractivity contribution in [3.05, 3.63) is 18.2 Å². The molecule has 0 aliphatic carbocycles. The van der Waals surface area contributed by atoms with E-state index >= 15 is 0 Å². The molecule has 1 saturated heterocycles. The van der Waals surface area contributed by atoms with Gasteiger partial charge in [-0.05, 0) is 25.1 Å². The smallest absolute Gasteiger partial charge is 0.244 e. The van der Waals surface area contributed by atoms with Gasteiger partial charge in [-0.1, -0.05) is 0 Å². The maximum Gasteiger partial charge on any atom is 0.244 e. The van der Waals surface area contributed by atoms with Crippen molar-refractivity contribution in [1.29, 1.82) is 0 Å². The molecule has 1 aliphatic rings. The van der Waals surface area contributed by atoms with Gasteiger partial charge in [0.15, 0.2) is 0 Å². The summed E-state index contributed by atoms with van der Waals surface area (Å²) in [7, 11) is -0.627. The van der Waals surface area contributed by atoms with E-state index < -0.39 is 10.0 Å². The number of methoxy groups -OCH3 is 2. The molecule has 0 radical (unpaired) electrons. The molecule has 1 fully saturated rings. The first-order valence-corrected chi connectivity index (χ1v) is 7.50. The number of hydrogen-bond donors (Lipinski definition) is 2. The molecule has 2 N–H and O–H groups in total. The van der Waals surface area contributed by atoms with Crippen LogP contribution in [0.4, 0.5) is 0 Å². The van der Waals surface area contributed by atoms with Crippen LogP contribution in [0.25, 0.3) is 0 Å². The zero-order valence-corrected chi connectivity index (χ0v) is 11.8. The van der Waals surface area contributed by atoms with Gasteiger partial charge in [0, 0.05) is 18.7 Å². The van der Waals surface area contributed by atoms with Gasteiger partial charge in [-0.15, -0.1) is 0 Å². The van der Waals surface area contributed by atoms with E-state index in [1.165, 1.54) is 20.3 Å². The van der Waals surface area contributed by atoms with Crippen LogP contribution in [0, 0.1) is 0 Å². The van der Waals surface area contributed by atoms with Crippen molar-refractivity contribution in [2.75, 3.05) is 27.3 Å². The summed E-state index contributed by atoms with van der Waals surface area (Å²) in [6.45, 7) is 1.48. The van der Waals surface area contributed by atoms with Gasteiger partial charge in [0.25, 0.3) is 0 Å². The van der Waals surface area contributed by atoms with Gasteiger partial charge < -0.3 is 14.8 Å². The van der Waals surface area contributed by atoms with Crippen molar-refractivity contribution in [1.82, 2.24) is 10.0 Å². The standard InChI is InChI=1S/C12H18N2O4S/c1-17-10-3-4-12(11(7-10)18-2)19(15,16)14-9-5-6-13-8-9/h3-4,7,9,13-14H,5-6,8H2,1-2H3/t9-/m1/s1. The number of rotatable bonds is 5. The summed E-state index contributed by atoms with van der Waals surface area (Å²) in [6, 6.07) is 4.57. The lowest BCUT2D eigenvalue weighted by molar-refractivity contribution is 0.385. The highest BCUT2D eigenvalue weighted by atomic mass is 32.2. The van der Waals surface area contributed by atoms with Crippen molar-refractivity contribution in [2.45, 2.75) is 17.4 Å². The second kappa shape index (κ2) is 5.77. The predicted octanol–water partition coefficient (Wildman–Crippen LogP) is 0.344. The first-order chi connectivity index (χ1) is 9.06. The van der Waals surface area contributed by atoms with Gasteiger partial charge in [0.1, 0.15) is 16.4 Å². The van der Waals surface area contributed by atoms with Crippen LogP contribution in [-0.2, 0) is 10.0 Å². The Morgan fingerprint density at radius 2 is 2.11 bits per heavy atom. The molecule has 0 amide bonds. The minimum atomic E-state index is -3.58. The van der Waals surface area contributed by atoms with E-state index in [0.717, 1.165) is 13.0 Å². The molecule has 6 nitrogen and oxygen atoms in total. The maximum atomic E-state index is 12.3. The molecule has 1 heterocycles. The second-order valence-corrected chi connectivity index (χ2v) is 6.01. The summed E-state index contributed by atoms with van der Waals surface area (Å²) in [5, 5.41) is 3.12. The molecule has 106 valence electrons. The zero-order chi connectivity index (χ0) is 13.9. The molecule has 19 heavy (non-hydrogen) atoms. The number of hydrogen-bond acceptors (Lipinski definition) is 5. The Hall–Kier alpha value is -1.31. The molecule has 0 aromatic heterocycles. The summed E-state index contributed by atoms with van der Waals surface area (Å²) in [6.07, 6.45) is 0.789. The largest absolute Gasteiger partial charge is 0.497 e. The average Bonchev–Trinajstić information content (AvgIpc) is 2.89. The Morgan fingerprint density at radius 3 is 2.68 bits per heavy atom. The highest BCUT2D eigenvalue weighted by molar-refractivity contribution is 7.89. The van der Waals surface area contributed by atoms with Crippen LogP contribution in [0.15, 0.2) is 23.1 Å². The topological polar surface area (TPSA) is 76.7 Å². The molecule has 0 saturated carbocycles. The quantitative estimate of drug-likeness (QED) is 0.816.